The van der Waals surface area contributed by atoms with Crippen LogP contribution >= 0.6 is 0 Å². The van der Waals surface area contributed by atoms with Crippen LogP contribution in [0.25, 0.3) is 12.2 Å². The van der Waals surface area contributed by atoms with Crippen LogP contribution in [0.1, 0.15) is 16.7 Å². The SMILES string of the molecule is O=S(=O)(/C=C/c1ccccc1)N(c1cccc(C(F)(F)F)c1)S(=O)(=O)/C=C/c1ccccc1. The Labute approximate surface area is 190 Å². The van der Waals surface area contributed by atoms with Gasteiger partial charge in [-0.25, -0.2) is 16.8 Å². The standard InChI is InChI=1S/C23H18F3NO4S2/c24-23(25,26)21-12-7-13-22(18-21)27(32(28,29)16-14-19-8-3-1-4-9-19)33(30,31)17-15-20-10-5-2-6-11-20/h1-18H/b16-14+,17-15+. The first-order valence-electron chi connectivity index (χ1n) is 9.43. The summed E-state index contributed by atoms with van der Waals surface area (Å²) in [5, 5.41) is 1.27. The van der Waals surface area contributed by atoms with E-state index in [1.165, 1.54) is 0 Å². The molecule has 0 fully saturated rings. The van der Waals surface area contributed by atoms with E-state index in [2.05, 4.69) is 0 Å². The van der Waals surface area contributed by atoms with Gasteiger partial charge in [0, 0.05) is 0 Å². The van der Waals surface area contributed by atoms with Gasteiger partial charge in [0.05, 0.1) is 22.1 Å². The molecule has 0 spiro atoms. The zero-order chi connectivity index (χ0) is 24.1. The molecule has 0 heterocycles. The summed E-state index contributed by atoms with van der Waals surface area (Å²) in [5.74, 6) is 0. The molecule has 0 saturated heterocycles. The van der Waals surface area contributed by atoms with Crippen molar-refractivity contribution in [2.24, 2.45) is 0 Å². The van der Waals surface area contributed by atoms with Crippen LogP contribution in [-0.2, 0) is 26.2 Å². The average Bonchev–Trinajstić information content (AvgIpc) is 2.77. The van der Waals surface area contributed by atoms with Crippen molar-refractivity contribution in [3.8, 4) is 0 Å². The molecule has 33 heavy (non-hydrogen) atoms. The lowest BCUT2D eigenvalue weighted by Crippen LogP contribution is -2.34. The summed E-state index contributed by atoms with van der Waals surface area (Å²) in [5.41, 5.74) is -0.931. The van der Waals surface area contributed by atoms with E-state index < -0.39 is 37.5 Å². The Morgan fingerprint density at radius 1 is 0.636 bits per heavy atom. The molecule has 3 aromatic carbocycles. The highest BCUT2D eigenvalue weighted by atomic mass is 32.3. The van der Waals surface area contributed by atoms with Gasteiger partial charge in [0.1, 0.15) is 0 Å². The van der Waals surface area contributed by atoms with Crippen molar-refractivity contribution >= 4 is 37.9 Å². The summed E-state index contributed by atoms with van der Waals surface area (Å²) < 4.78 is 91.9. The number of sulfonamides is 2. The van der Waals surface area contributed by atoms with Gasteiger partial charge in [0.2, 0.25) is 0 Å². The smallest absolute Gasteiger partial charge is 0.201 e. The van der Waals surface area contributed by atoms with Crippen molar-refractivity contribution in [1.82, 2.24) is 0 Å². The molecule has 3 aromatic rings. The van der Waals surface area contributed by atoms with Gasteiger partial charge in [0.25, 0.3) is 20.0 Å². The molecular weight excluding hydrogens is 475 g/mol. The van der Waals surface area contributed by atoms with Crippen molar-refractivity contribution in [2.45, 2.75) is 6.18 Å². The topological polar surface area (TPSA) is 71.5 Å². The van der Waals surface area contributed by atoms with E-state index >= 15 is 0 Å². The zero-order valence-electron chi connectivity index (χ0n) is 16.9. The normalized spacial score (nSPS) is 12.9. The Kier molecular flexibility index (Phi) is 7.09. The van der Waals surface area contributed by atoms with E-state index in [0.29, 0.717) is 28.0 Å². The highest BCUT2D eigenvalue weighted by Gasteiger charge is 2.35. The second kappa shape index (κ2) is 9.63. The fourth-order valence-electron chi connectivity index (χ4n) is 2.80. The van der Waals surface area contributed by atoms with Gasteiger partial charge >= 0.3 is 6.18 Å². The third kappa shape index (κ3) is 6.33. The Bertz CT molecular complexity index is 1290. The molecule has 0 aromatic heterocycles. The van der Waals surface area contributed by atoms with Crippen molar-refractivity contribution in [1.29, 1.82) is 0 Å². The first-order valence-corrected chi connectivity index (χ1v) is 12.4. The molecule has 0 aliphatic heterocycles. The highest BCUT2D eigenvalue weighted by molar-refractivity contribution is 8.12. The average molecular weight is 494 g/mol. The molecule has 0 radical (unpaired) electrons. The van der Waals surface area contributed by atoms with Gasteiger partial charge in [-0.15, -0.1) is 0 Å². The number of hydrogen-bond acceptors (Lipinski definition) is 4. The van der Waals surface area contributed by atoms with Crippen LogP contribution in [0.2, 0.25) is 0 Å². The summed E-state index contributed by atoms with van der Waals surface area (Å²) >= 11 is 0. The van der Waals surface area contributed by atoms with Crippen LogP contribution in [0.4, 0.5) is 18.9 Å². The van der Waals surface area contributed by atoms with Gasteiger partial charge in [0.15, 0.2) is 0 Å². The molecule has 0 aliphatic carbocycles. The maximum atomic E-state index is 13.2. The Morgan fingerprint density at radius 3 is 1.52 bits per heavy atom. The monoisotopic (exact) mass is 493 g/mol. The summed E-state index contributed by atoms with van der Waals surface area (Å²) in [4.78, 5) is 0. The van der Waals surface area contributed by atoms with Crippen molar-refractivity contribution < 1.29 is 30.0 Å². The van der Waals surface area contributed by atoms with E-state index in [9.17, 15) is 30.0 Å². The molecule has 0 unspecified atom stereocenters. The molecule has 0 aliphatic rings. The van der Waals surface area contributed by atoms with Gasteiger partial charge in [-0.05, 0) is 41.5 Å². The van der Waals surface area contributed by atoms with Crippen LogP contribution in [0.3, 0.4) is 0 Å². The van der Waals surface area contributed by atoms with Crippen LogP contribution < -0.4 is 3.71 Å². The molecule has 0 amide bonds. The van der Waals surface area contributed by atoms with E-state index in [0.717, 1.165) is 30.4 Å². The van der Waals surface area contributed by atoms with Crippen molar-refractivity contribution in [2.75, 3.05) is 3.71 Å². The van der Waals surface area contributed by atoms with Gasteiger partial charge in [-0.3, -0.25) is 0 Å². The van der Waals surface area contributed by atoms with Crippen molar-refractivity contribution in [3.63, 3.8) is 0 Å². The third-order valence-corrected chi connectivity index (χ3v) is 7.86. The van der Waals surface area contributed by atoms with E-state index in [-0.39, 0.29) is 3.71 Å². The fraction of sp³-hybridized carbons (Fsp3) is 0.0435. The number of anilines is 1. The predicted octanol–water partition coefficient (Wildman–Crippen LogP) is 5.51. The summed E-state index contributed by atoms with van der Waals surface area (Å²) in [6.07, 6.45) is -2.48. The van der Waals surface area contributed by atoms with Crippen molar-refractivity contribution in [3.05, 3.63) is 112 Å². The molecular formula is C23H18F3NO4S2. The molecule has 10 heteroatoms. The lowest BCUT2D eigenvalue weighted by molar-refractivity contribution is -0.137. The second-order valence-corrected chi connectivity index (χ2v) is 10.3. The Balaban J connectivity index is 2.12. The predicted molar refractivity (Wildman–Crippen MR) is 123 cm³/mol. The van der Waals surface area contributed by atoms with Gasteiger partial charge < -0.3 is 0 Å². The maximum Gasteiger partial charge on any atom is 0.416 e. The number of benzene rings is 3. The van der Waals surface area contributed by atoms with Gasteiger partial charge in [-0.2, -0.15) is 16.9 Å². The van der Waals surface area contributed by atoms with Crippen LogP contribution in [0.5, 0.6) is 0 Å². The van der Waals surface area contributed by atoms with E-state index in [1.54, 1.807) is 60.7 Å². The lowest BCUT2D eigenvalue weighted by atomic mass is 10.2. The summed E-state index contributed by atoms with van der Waals surface area (Å²) in [6.45, 7) is 0. The minimum Gasteiger partial charge on any atom is -0.201 e. The first kappa shape index (κ1) is 24.3. The van der Waals surface area contributed by atoms with Gasteiger partial charge in [-0.1, -0.05) is 66.7 Å². The Hall–Kier alpha value is -3.37. The molecule has 5 nitrogen and oxygen atoms in total. The molecule has 3 rings (SSSR count). The lowest BCUT2D eigenvalue weighted by Gasteiger charge is -2.21. The number of rotatable bonds is 7. The quantitative estimate of drug-likeness (QED) is 0.435. The molecule has 172 valence electrons. The number of nitrogens with zero attached hydrogens (tertiary/aromatic N) is 1. The zero-order valence-corrected chi connectivity index (χ0v) is 18.6. The summed E-state index contributed by atoms with van der Waals surface area (Å²) in [7, 11) is -9.50. The number of alkyl halides is 3. The first-order chi connectivity index (χ1) is 15.5. The third-order valence-electron chi connectivity index (χ3n) is 4.31. The number of halogens is 3. The fourth-order valence-corrected chi connectivity index (χ4v) is 5.95. The molecule has 0 saturated carbocycles. The largest absolute Gasteiger partial charge is 0.416 e. The molecule has 0 bridgehead atoms. The van der Waals surface area contributed by atoms with Crippen LogP contribution in [-0.4, -0.2) is 16.8 Å². The van der Waals surface area contributed by atoms with Crippen LogP contribution in [0.15, 0.2) is 95.7 Å². The van der Waals surface area contributed by atoms with Crippen LogP contribution in [0, 0.1) is 0 Å². The minimum atomic E-state index is -4.80. The highest BCUT2D eigenvalue weighted by Crippen LogP contribution is 2.34. The minimum absolute atomic E-state index is 0.0197. The van der Waals surface area contributed by atoms with E-state index in [4.69, 9.17) is 0 Å². The number of hydrogen-bond donors (Lipinski definition) is 0. The summed E-state index contributed by atoms with van der Waals surface area (Å²) in [6, 6.07) is 19.5. The molecule has 0 atom stereocenters. The molecule has 0 N–H and O–H groups in total. The second-order valence-electron chi connectivity index (χ2n) is 6.76. The maximum absolute atomic E-state index is 13.2. The Morgan fingerprint density at radius 2 is 1.09 bits per heavy atom. The van der Waals surface area contributed by atoms with E-state index in [1.807, 2.05) is 0 Å².